The van der Waals surface area contributed by atoms with Crippen molar-refractivity contribution in [3.63, 3.8) is 0 Å². The number of nitrogens with one attached hydrogen (secondary N) is 1. The Balaban J connectivity index is 1.72. The second-order valence-electron chi connectivity index (χ2n) is 5.88. The highest BCUT2D eigenvalue weighted by atomic mass is 16.5. The summed E-state index contributed by atoms with van der Waals surface area (Å²) in [7, 11) is 0. The number of hydrogen-bond donors (Lipinski definition) is 1. The van der Waals surface area contributed by atoms with Crippen LogP contribution in [0.5, 0.6) is 0 Å². The van der Waals surface area contributed by atoms with E-state index in [0.717, 1.165) is 13.1 Å². The number of ether oxygens (including phenoxy) is 1. The van der Waals surface area contributed by atoms with Crippen LogP contribution in [-0.4, -0.2) is 24.8 Å². The molecule has 1 heterocycles. The van der Waals surface area contributed by atoms with E-state index in [1.807, 2.05) is 0 Å². The molecular weight excluding hydrogens is 222 g/mol. The quantitative estimate of drug-likeness (QED) is 0.864. The molecule has 18 heavy (non-hydrogen) atoms. The Bertz CT molecular complexity index is 383. The van der Waals surface area contributed by atoms with Crippen LogP contribution < -0.4 is 5.32 Å². The van der Waals surface area contributed by atoms with Gasteiger partial charge in [0.15, 0.2) is 0 Å². The molecule has 2 nitrogen and oxygen atoms in total. The topological polar surface area (TPSA) is 21.3 Å². The molecule has 0 radical (unpaired) electrons. The molecule has 1 aromatic carbocycles. The van der Waals surface area contributed by atoms with Crippen molar-refractivity contribution in [2.45, 2.75) is 50.2 Å². The first-order chi connectivity index (χ1) is 8.79. The van der Waals surface area contributed by atoms with Gasteiger partial charge in [0.1, 0.15) is 0 Å². The van der Waals surface area contributed by atoms with Crippen molar-refractivity contribution in [3.8, 4) is 0 Å². The first-order valence-corrected chi connectivity index (χ1v) is 7.23. The second kappa shape index (κ2) is 5.02. The van der Waals surface area contributed by atoms with Gasteiger partial charge in [-0.25, -0.2) is 0 Å². The Kier molecular flexibility index (Phi) is 3.40. The van der Waals surface area contributed by atoms with Gasteiger partial charge in [-0.15, -0.1) is 0 Å². The lowest BCUT2D eigenvalue weighted by Gasteiger charge is -2.41. The van der Waals surface area contributed by atoms with Crippen molar-refractivity contribution in [1.82, 2.24) is 5.32 Å². The Morgan fingerprint density at radius 1 is 1.22 bits per heavy atom. The highest BCUT2D eigenvalue weighted by molar-refractivity contribution is 5.20. The monoisotopic (exact) mass is 245 g/mol. The van der Waals surface area contributed by atoms with Gasteiger partial charge in [0.2, 0.25) is 0 Å². The van der Waals surface area contributed by atoms with E-state index in [1.54, 1.807) is 0 Å². The summed E-state index contributed by atoms with van der Waals surface area (Å²) in [6, 6.07) is 10.7. The van der Waals surface area contributed by atoms with Crippen LogP contribution in [0.3, 0.4) is 0 Å². The fraction of sp³-hybridized carbons (Fsp3) is 0.625. The molecule has 1 spiro atoms. The molecule has 1 aromatic rings. The van der Waals surface area contributed by atoms with Crippen LogP contribution in [0.1, 0.15) is 44.1 Å². The van der Waals surface area contributed by atoms with Gasteiger partial charge in [-0.05, 0) is 18.4 Å². The predicted molar refractivity (Wildman–Crippen MR) is 73.8 cm³/mol. The molecule has 1 aliphatic heterocycles. The average molecular weight is 245 g/mol. The van der Waals surface area contributed by atoms with Gasteiger partial charge in [0, 0.05) is 19.0 Å². The van der Waals surface area contributed by atoms with Crippen LogP contribution >= 0.6 is 0 Å². The molecule has 2 atom stereocenters. The molecule has 1 N–H and O–H groups in total. The lowest BCUT2D eigenvalue weighted by molar-refractivity contribution is -0.119. The van der Waals surface area contributed by atoms with Crippen LogP contribution in [0.4, 0.5) is 0 Å². The maximum absolute atomic E-state index is 6.49. The van der Waals surface area contributed by atoms with Crippen molar-refractivity contribution in [3.05, 3.63) is 35.9 Å². The largest absolute Gasteiger partial charge is 0.368 e. The number of hydrogen-bond acceptors (Lipinski definition) is 2. The minimum atomic E-state index is 0.145. The molecule has 2 unspecified atom stereocenters. The maximum atomic E-state index is 6.49. The Morgan fingerprint density at radius 3 is 2.67 bits per heavy atom. The molecule has 1 saturated heterocycles. The SMILES string of the molecule is CC(c1ccccc1)C1CNCC2(CCCC2)O1. The third-order valence-electron chi connectivity index (χ3n) is 4.59. The fourth-order valence-electron chi connectivity index (χ4n) is 3.41. The molecular formula is C16H23NO. The van der Waals surface area contributed by atoms with Gasteiger partial charge in [0.25, 0.3) is 0 Å². The zero-order chi connectivity index (χ0) is 12.4. The van der Waals surface area contributed by atoms with Gasteiger partial charge in [0.05, 0.1) is 11.7 Å². The Labute approximate surface area is 110 Å². The molecule has 1 aliphatic carbocycles. The predicted octanol–water partition coefficient (Wildman–Crippen LogP) is 3.09. The average Bonchev–Trinajstić information content (AvgIpc) is 2.87. The first kappa shape index (κ1) is 12.2. The summed E-state index contributed by atoms with van der Waals surface area (Å²) >= 11 is 0. The summed E-state index contributed by atoms with van der Waals surface area (Å²) in [5.41, 5.74) is 1.53. The van der Waals surface area contributed by atoms with Gasteiger partial charge in [-0.1, -0.05) is 50.1 Å². The van der Waals surface area contributed by atoms with E-state index in [2.05, 4.69) is 42.6 Å². The second-order valence-corrected chi connectivity index (χ2v) is 5.88. The van der Waals surface area contributed by atoms with Crippen LogP contribution in [0.25, 0.3) is 0 Å². The molecule has 1 saturated carbocycles. The summed E-state index contributed by atoms with van der Waals surface area (Å²) in [6.45, 7) is 4.32. The van der Waals surface area contributed by atoms with Crippen molar-refractivity contribution in [1.29, 1.82) is 0 Å². The van der Waals surface area contributed by atoms with Gasteiger partial charge in [-0.2, -0.15) is 0 Å². The molecule has 0 aromatic heterocycles. The minimum Gasteiger partial charge on any atom is -0.368 e. The number of morpholine rings is 1. The van der Waals surface area contributed by atoms with Crippen molar-refractivity contribution >= 4 is 0 Å². The Hall–Kier alpha value is -0.860. The van der Waals surface area contributed by atoms with Crippen LogP contribution in [0.15, 0.2) is 30.3 Å². The van der Waals surface area contributed by atoms with Gasteiger partial charge < -0.3 is 10.1 Å². The third-order valence-corrected chi connectivity index (χ3v) is 4.59. The van der Waals surface area contributed by atoms with E-state index < -0.39 is 0 Å². The molecule has 2 aliphatic rings. The van der Waals surface area contributed by atoms with Gasteiger partial charge >= 0.3 is 0 Å². The van der Waals surface area contributed by atoms with E-state index in [0.29, 0.717) is 12.0 Å². The minimum absolute atomic E-state index is 0.145. The molecule has 3 rings (SSSR count). The zero-order valence-corrected chi connectivity index (χ0v) is 11.2. The van der Waals surface area contributed by atoms with Crippen LogP contribution in [0.2, 0.25) is 0 Å². The standard InChI is InChI=1S/C16H23NO/c1-13(14-7-3-2-4-8-14)15-11-17-12-16(18-15)9-5-6-10-16/h2-4,7-8,13,15,17H,5-6,9-12H2,1H3. The summed E-state index contributed by atoms with van der Waals surface area (Å²) in [5.74, 6) is 0.469. The molecule has 2 fully saturated rings. The van der Waals surface area contributed by atoms with E-state index in [1.165, 1.54) is 31.2 Å². The van der Waals surface area contributed by atoms with Gasteiger partial charge in [-0.3, -0.25) is 0 Å². The zero-order valence-electron chi connectivity index (χ0n) is 11.2. The first-order valence-electron chi connectivity index (χ1n) is 7.23. The summed E-state index contributed by atoms with van der Waals surface area (Å²) in [5, 5.41) is 3.59. The van der Waals surface area contributed by atoms with E-state index in [-0.39, 0.29) is 5.60 Å². The fourth-order valence-corrected chi connectivity index (χ4v) is 3.41. The number of rotatable bonds is 2. The summed E-state index contributed by atoms with van der Waals surface area (Å²) in [4.78, 5) is 0. The van der Waals surface area contributed by atoms with E-state index in [9.17, 15) is 0 Å². The third kappa shape index (κ3) is 2.32. The lowest BCUT2D eigenvalue weighted by Crippen LogP contribution is -2.53. The molecule has 2 heteroatoms. The molecule has 0 amide bonds. The maximum Gasteiger partial charge on any atom is 0.0811 e. The van der Waals surface area contributed by atoms with Crippen molar-refractivity contribution in [2.75, 3.05) is 13.1 Å². The molecule has 0 bridgehead atoms. The van der Waals surface area contributed by atoms with E-state index in [4.69, 9.17) is 4.74 Å². The number of benzene rings is 1. The van der Waals surface area contributed by atoms with E-state index >= 15 is 0 Å². The summed E-state index contributed by atoms with van der Waals surface area (Å²) in [6.07, 6.45) is 5.44. The normalized spacial score (nSPS) is 28.4. The van der Waals surface area contributed by atoms with Crippen molar-refractivity contribution < 1.29 is 4.74 Å². The highest BCUT2D eigenvalue weighted by Gasteiger charge is 2.41. The van der Waals surface area contributed by atoms with Crippen molar-refractivity contribution in [2.24, 2.45) is 0 Å². The smallest absolute Gasteiger partial charge is 0.0811 e. The highest BCUT2D eigenvalue weighted by Crippen LogP contribution is 2.38. The molecule has 98 valence electrons. The van der Waals surface area contributed by atoms with Crippen LogP contribution in [0, 0.1) is 0 Å². The lowest BCUT2D eigenvalue weighted by atomic mass is 9.91. The summed E-state index contributed by atoms with van der Waals surface area (Å²) < 4.78 is 6.49. The van der Waals surface area contributed by atoms with Crippen LogP contribution in [-0.2, 0) is 4.74 Å². The Morgan fingerprint density at radius 2 is 1.94 bits per heavy atom.